The van der Waals surface area contributed by atoms with Gasteiger partial charge in [0, 0.05) is 24.7 Å². The Kier molecular flexibility index (Phi) is 10.9. The molecule has 1 rings (SSSR count). The van der Waals surface area contributed by atoms with Crippen LogP contribution in [0.25, 0.3) is 0 Å². The zero-order valence-electron chi connectivity index (χ0n) is 14.5. The third-order valence-electron chi connectivity index (χ3n) is 3.41. The van der Waals surface area contributed by atoms with Crippen LogP contribution in [0, 0.1) is 0 Å². The highest BCUT2D eigenvalue weighted by Gasteiger charge is 2.16. The average molecular weight is 378 g/mol. The standard InChI is InChI=1S/C16H27N3O3S.ClH/c1-4-10-17-11-12-18-16(20)14-6-8-15(9-7-14)23(21,22)19-13(3)5-2;/h6-9,13,17,19H,4-5,10-12H2,1-3H3,(H,18,20);1H. The maximum absolute atomic E-state index is 12.1. The number of benzene rings is 1. The zero-order valence-corrected chi connectivity index (χ0v) is 16.1. The zero-order chi connectivity index (χ0) is 17.3. The van der Waals surface area contributed by atoms with Gasteiger partial charge in [-0.3, -0.25) is 4.79 Å². The largest absolute Gasteiger partial charge is 0.351 e. The van der Waals surface area contributed by atoms with Gasteiger partial charge in [0.1, 0.15) is 0 Å². The highest BCUT2D eigenvalue weighted by Crippen LogP contribution is 2.11. The smallest absolute Gasteiger partial charge is 0.251 e. The first-order valence-electron chi connectivity index (χ1n) is 8.02. The SMILES string of the molecule is CCCNCCNC(=O)c1ccc(S(=O)(=O)NC(C)CC)cc1.Cl. The van der Waals surface area contributed by atoms with Gasteiger partial charge in [0.2, 0.25) is 10.0 Å². The average Bonchev–Trinajstić information content (AvgIpc) is 2.54. The second-order valence-electron chi connectivity index (χ2n) is 5.46. The van der Waals surface area contributed by atoms with Crippen LogP contribution in [0.1, 0.15) is 44.0 Å². The molecule has 1 unspecified atom stereocenters. The summed E-state index contributed by atoms with van der Waals surface area (Å²) >= 11 is 0. The summed E-state index contributed by atoms with van der Waals surface area (Å²) in [5.41, 5.74) is 0.447. The topological polar surface area (TPSA) is 87.3 Å². The molecule has 1 amide bonds. The molecule has 0 fully saturated rings. The lowest BCUT2D eigenvalue weighted by Gasteiger charge is -2.12. The van der Waals surface area contributed by atoms with Gasteiger partial charge in [0.05, 0.1) is 4.90 Å². The minimum atomic E-state index is -3.53. The lowest BCUT2D eigenvalue weighted by molar-refractivity contribution is 0.0954. The predicted molar refractivity (Wildman–Crippen MR) is 99.3 cm³/mol. The summed E-state index contributed by atoms with van der Waals surface area (Å²) in [5, 5.41) is 5.98. The molecule has 0 saturated heterocycles. The van der Waals surface area contributed by atoms with Crippen molar-refractivity contribution in [2.45, 2.75) is 44.6 Å². The summed E-state index contributed by atoms with van der Waals surface area (Å²) in [6, 6.07) is 5.84. The third kappa shape index (κ3) is 7.61. The molecule has 0 aliphatic rings. The van der Waals surface area contributed by atoms with Crippen LogP contribution in [0.2, 0.25) is 0 Å². The molecule has 3 N–H and O–H groups in total. The number of hydrogen-bond acceptors (Lipinski definition) is 4. The van der Waals surface area contributed by atoms with Gasteiger partial charge in [0.25, 0.3) is 5.91 Å². The highest BCUT2D eigenvalue weighted by molar-refractivity contribution is 7.89. The Balaban J connectivity index is 0.00000529. The lowest BCUT2D eigenvalue weighted by Crippen LogP contribution is -2.32. The van der Waals surface area contributed by atoms with Crippen LogP contribution in [-0.4, -0.2) is 40.0 Å². The van der Waals surface area contributed by atoms with E-state index in [0.29, 0.717) is 25.1 Å². The van der Waals surface area contributed by atoms with Crippen LogP contribution in [0.3, 0.4) is 0 Å². The minimum Gasteiger partial charge on any atom is -0.351 e. The van der Waals surface area contributed by atoms with Crippen molar-refractivity contribution in [2.75, 3.05) is 19.6 Å². The monoisotopic (exact) mass is 377 g/mol. The molecule has 1 aromatic carbocycles. The van der Waals surface area contributed by atoms with E-state index >= 15 is 0 Å². The number of amides is 1. The van der Waals surface area contributed by atoms with E-state index in [9.17, 15) is 13.2 Å². The molecular formula is C16H28ClN3O3S. The molecule has 0 aliphatic carbocycles. The number of hydrogen-bond donors (Lipinski definition) is 3. The fourth-order valence-corrected chi connectivity index (χ4v) is 3.20. The molecule has 0 saturated carbocycles. The minimum absolute atomic E-state index is 0. The first-order chi connectivity index (χ1) is 10.9. The summed E-state index contributed by atoms with van der Waals surface area (Å²) in [7, 11) is -3.53. The third-order valence-corrected chi connectivity index (χ3v) is 5.02. The molecule has 0 radical (unpaired) electrons. The van der Waals surface area contributed by atoms with Gasteiger partial charge in [-0.2, -0.15) is 0 Å². The maximum Gasteiger partial charge on any atom is 0.251 e. The molecule has 0 bridgehead atoms. The van der Waals surface area contributed by atoms with Gasteiger partial charge in [-0.05, 0) is 50.6 Å². The number of carbonyl (C=O) groups is 1. The van der Waals surface area contributed by atoms with Gasteiger partial charge < -0.3 is 10.6 Å². The summed E-state index contributed by atoms with van der Waals surface area (Å²) in [6.45, 7) is 7.98. The second kappa shape index (κ2) is 11.4. The van der Waals surface area contributed by atoms with E-state index in [1.807, 2.05) is 13.8 Å². The van der Waals surface area contributed by atoms with E-state index < -0.39 is 10.0 Å². The number of sulfonamides is 1. The summed E-state index contributed by atoms with van der Waals surface area (Å²) in [4.78, 5) is 12.1. The van der Waals surface area contributed by atoms with Crippen molar-refractivity contribution < 1.29 is 13.2 Å². The molecule has 0 aromatic heterocycles. The first-order valence-corrected chi connectivity index (χ1v) is 9.50. The summed E-state index contributed by atoms with van der Waals surface area (Å²) < 4.78 is 26.9. The number of halogens is 1. The Morgan fingerprint density at radius 1 is 1.08 bits per heavy atom. The van der Waals surface area contributed by atoms with Crippen molar-refractivity contribution >= 4 is 28.3 Å². The fraction of sp³-hybridized carbons (Fsp3) is 0.562. The normalized spacial score (nSPS) is 12.3. The van der Waals surface area contributed by atoms with E-state index in [0.717, 1.165) is 13.0 Å². The van der Waals surface area contributed by atoms with Crippen LogP contribution >= 0.6 is 12.4 Å². The van der Waals surface area contributed by atoms with Gasteiger partial charge in [0.15, 0.2) is 0 Å². The van der Waals surface area contributed by atoms with Gasteiger partial charge in [-0.15, -0.1) is 12.4 Å². The van der Waals surface area contributed by atoms with Crippen molar-refractivity contribution in [3.8, 4) is 0 Å². The van der Waals surface area contributed by atoms with E-state index in [1.165, 1.54) is 24.3 Å². The van der Waals surface area contributed by atoms with Crippen molar-refractivity contribution in [3.05, 3.63) is 29.8 Å². The molecule has 0 heterocycles. The molecule has 1 aromatic rings. The molecule has 138 valence electrons. The Hall–Kier alpha value is -1.15. The Bertz CT molecular complexity index is 591. The van der Waals surface area contributed by atoms with E-state index in [1.54, 1.807) is 0 Å². The Morgan fingerprint density at radius 3 is 2.25 bits per heavy atom. The number of carbonyl (C=O) groups excluding carboxylic acids is 1. The van der Waals surface area contributed by atoms with Gasteiger partial charge in [-0.25, -0.2) is 13.1 Å². The molecule has 0 spiro atoms. The van der Waals surface area contributed by atoms with Crippen molar-refractivity contribution in [3.63, 3.8) is 0 Å². The van der Waals surface area contributed by atoms with Crippen molar-refractivity contribution in [1.82, 2.24) is 15.4 Å². The van der Waals surface area contributed by atoms with E-state index in [4.69, 9.17) is 0 Å². The fourth-order valence-electron chi connectivity index (χ4n) is 1.87. The molecule has 0 aliphatic heterocycles. The van der Waals surface area contributed by atoms with Gasteiger partial charge >= 0.3 is 0 Å². The molecular weight excluding hydrogens is 350 g/mol. The first kappa shape index (κ1) is 22.9. The molecule has 1 atom stereocenters. The van der Waals surface area contributed by atoms with Crippen molar-refractivity contribution in [1.29, 1.82) is 0 Å². The predicted octanol–water partition coefficient (Wildman–Crippen LogP) is 1.91. The Labute approximate surface area is 151 Å². The highest BCUT2D eigenvalue weighted by atomic mass is 35.5. The van der Waals surface area contributed by atoms with E-state index in [2.05, 4.69) is 22.3 Å². The number of rotatable bonds is 10. The molecule has 6 nitrogen and oxygen atoms in total. The van der Waals surface area contributed by atoms with E-state index in [-0.39, 0.29) is 29.3 Å². The van der Waals surface area contributed by atoms with Crippen LogP contribution in [0.5, 0.6) is 0 Å². The maximum atomic E-state index is 12.1. The second-order valence-corrected chi connectivity index (χ2v) is 7.17. The van der Waals surface area contributed by atoms with Gasteiger partial charge in [-0.1, -0.05) is 13.8 Å². The summed E-state index contributed by atoms with van der Waals surface area (Å²) in [5.74, 6) is -0.206. The summed E-state index contributed by atoms with van der Waals surface area (Å²) in [6.07, 6.45) is 1.76. The Morgan fingerprint density at radius 2 is 1.71 bits per heavy atom. The quantitative estimate of drug-likeness (QED) is 0.543. The van der Waals surface area contributed by atoms with Crippen LogP contribution in [0.4, 0.5) is 0 Å². The molecule has 8 heteroatoms. The van der Waals surface area contributed by atoms with Crippen LogP contribution in [0.15, 0.2) is 29.2 Å². The van der Waals surface area contributed by atoms with Crippen LogP contribution < -0.4 is 15.4 Å². The lowest BCUT2D eigenvalue weighted by atomic mass is 10.2. The van der Waals surface area contributed by atoms with Crippen molar-refractivity contribution in [2.24, 2.45) is 0 Å². The van der Waals surface area contributed by atoms with Crippen LogP contribution in [-0.2, 0) is 10.0 Å². The number of nitrogens with one attached hydrogen (secondary N) is 3. The molecule has 24 heavy (non-hydrogen) atoms.